The zero-order valence-corrected chi connectivity index (χ0v) is 13.9. The van der Waals surface area contributed by atoms with Crippen LogP contribution < -0.4 is 15.2 Å². The van der Waals surface area contributed by atoms with Crippen LogP contribution in [0, 0.1) is 5.82 Å². The zero-order chi connectivity index (χ0) is 17.0. The zero-order valence-electron chi connectivity index (χ0n) is 13.9. The highest BCUT2D eigenvalue weighted by atomic mass is 19.1. The van der Waals surface area contributed by atoms with E-state index in [-0.39, 0.29) is 11.4 Å². The average molecular weight is 330 g/mol. The molecule has 1 aliphatic rings. The molecule has 0 aliphatic carbocycles. The smallest absolute Gasteiger partial charge is 0.143 e. The molecule has 0 spiro atoms. The molecule has 128 valence electrons. The summed E-state index contributed by atoms with van der Waals surface area (Å²) in [6, 6.07) is 14.1. The maximum atomic E-state index is 13.1. The van der Waals surface area contributed by atoms with E-state index in [1.807, 2.05) is 30.3 Å². The van der Waals surface area contributed by atoms with E-state index >= 15 is 0 Å². The van der Waals surface area contributed by atoms with E-state index in [1.54, 1.807) is 6.07 Å². The van der Waals surface area contributed by atoms with Crippen molar-refractivity contribution in [2.45, 2.75) is 18.9 Å². The molecule has 2 aromatic carbocycles. The highest BCUT2D eigenvalue weighted by Gasteiger charge is 2.36. The summed E-state index contributed by atoms with van der Waals surface area (Å²) in [5.74, 6) is 1.08. The molecule has 0 aromatic heterocycles. The summed E-state index contributed by atoms with van der Waals surface area (Å²) in [4.78, 5) is 2.31. The highest BCUT2D eigenvalue weighted by Crippen LogP contribution is 2.31. The molecule has 24 heavy (non-hydrogen) atoms. The first kappa shape index (κ1) is 16.6. The minimum atomic E-state index is -0.351. The van der Waals surface area contributed by atoms with Crippen LogP contribution in [0.5, 0.6) is 11.5 Å². The number of nitrogen functional groups attached to an aromatic ring is 1. The van der Waals surface area contributed by atoms with E-state index < -0.39 is 0 Å². The first-order valence-corrected chi connectivity index (χ1v) is 8.18. The second-order valence-corrected chi connectivity index (χ2v) is 6.42. The number of para-hydroxylation sites is 1. The largest absolute Gasteiger partial charge is 0.492 e. The second kappa shape index (κ2) is 7.09. The van der Waals surface area contributed by atoms with Crippen molar-refractivity contribution in [2.75, 3.05) is 32.0 Å². The van der Waals surface area contributed by atoms with Gasteiger partial charge in [-0.05, 0) is 31.2 Å². The molecule has 2 N–H and O–H groups in total. The third-order valence-electron chi connectivity index (χ3n) is 4.26. The lowest BCUT2D eigenvalue weighted by atomic mass is 10.1. The van der Waals surface area contributed by atoms with Crippen LogP contribution in [0.4, 0.5) is 10.1 Å². The van der Waals surface area contributed by atoms with E-state index in [2.05, 4.69) is 11.8 Å². The minimum absolute atomic E-state index is 0.321. The Morgan fingerprint density at radius 1 is 1.21 bits per heavy atom. The standard InChI is InChI=1S/C19H23FN2O2/c1-19(24-18-8-7-15(20)13-17(18)21)9-10-22(14-19)11-12-23-16-5-3-2-4-6-16/h2-8,13H,9-12,14,21H2,1H3. The lowest BCUT2D eigenvalue weighted by Crippen LogP contribution is -2.37. The molecule has 1 atom stereocenters. The van der Waals surface area contributed by atoms with Crippen molar-refractivity contribution in [1.29, 1.82) is 0 Å². The summed E-state index contributed by atoms with van der Waals surface area (Å²) < 4.78 is 25.0. The van der Waals surface area contributed by atoms with Gasteiger partial charge in [0.05, 0.1) is 5.69 Å². The number of benzene rings is 2. The predicted octanol–water partition coefficient (Wildman–Crippen LogP) is 3.33. The van der Waals surface area contributed by atoms with E-state index in [0.717, 1.165) is 31.8 Å². The number of rotatable bonds is 6. The Bertz CT molecular complexity index is 680. The predicted molar refractivity (Wildman–Crippen MR) is 92.8 cm³/mol. The monoisotopic (exact) mass is 330 g/mol. The van der Waals surface area contributed by atoms with Gasteiger partial charge in [-0.15, -0.1) is 0 Å². The van der Waals surface area contributed by atoms with E-state index in [9.17, 15) is 4.39 Å². The van der Waals surface area contributed by atoms with E-state index in [1.165, 1.54) is 12.1 Å². The molecule has 2 aromatic rings. The summed E-state index contributed by atoms with van der Waals surface area (Å²) in [5, 5.41) is 0. The van der Waals surface area contributed by atoms with Gasteiger partial charge in [0.1, 0.15) is 29.5 Å². The number of nitrogens with zero attached hydrogens (tertiary/aromatic N) is 1. The quantitative estimate of drug-likeness (QED) is 0.826. The van der Waals surface area contributed by atoms with Gasteiger partial charge >= 0.3 is 0 Å². The normalized spacial score (nSPS) is 20.9. The number of hydrogen-bond donors (Lipinski definition) is 1. The van der Waals surface area contributed by atoms with Gasteiger partial charge in [-0.1, -0.05) is 18.2 Å². The van der Waals surface area contributed by atoms with Crippen molar-refractivity contribution >= 4 is 5.69 Å². The summed E-state index contributed by atoms with van der Waals surface area (Å²) in [6.45, 7) is 5.27. The van der Waals surface area contributed by atoms with Crippen LogP contribution in [0.15, 0.2) is 48.5 Å². The number of ether oxygens (including phenoxy) is 2. The van der Waals surface area contributed by atoms with Crippen molar-refractivity contribution in [3.63, 3.8) is 0 Å². The van der Waals surface area contributed by atoms with Crippen LogP contribution in [0.3, 0.4) is 0 Å². The maximum Gasteiger partial charge on any atom is 0.143 e. The van der Waals surface area contributed by atoms with Gasteiger partial charge in [-0.25, -0.2) is 4.39 Å². The van der Waals surface area contributed by atoms with Crippen molar-refractivity contribution < 1.29 is 13.9 Å². The molecular weight excluding hydrogens is 307 g/mol. The Labute approximate surface area is 142 Å². The third kappa shape index (κ3) is 4.17. The number of anilines is 1. The fourth-order valence-electron chi connectivity index (χ4n) is 2.99. The number of nitrogens with two attached hydrogens (primary N) is 1. The fraction of sp³-hybridized carbons (Fsp3) is 0.368. The Hall–Kier alpha value is -2.27. The Kier molecular flexibility index (Phi) is 4.90. The van der Waals surface area contributed by atoms with Gasteiger partial charge < -0.3 is 15.2 Å². The minimum Gasteiger partial charge on any atom is -0.492 e. The van der Waals surface area contributed by atoms with Crippen molar-refractivity contribution in [1.82, 2.24) is 4.90 Å². The van der Waals surface area contributed by atoms with Crippen molar-refractivity contribution in [3.8, 4) is 11.5 Å². The lowest BCUT2D eigenvalue weighted by molar-refractivity contribution is 0.0942. The van der Waals surface area contributed by atoms with Crippen LogP contribution in [-0.2, 0) is 0 Å². The molecule has 1 aliphatic heterocycles. The van der Waals surface area contributed by atoms with Crippen LogP contribution >= 0.6 is 0 Å². The van der Waals surface area contributed by atoms with Crippen LogP contribution in [-0.4, -0.2) is 36.7 Å². The molecule has 0 amide bonds. The molecule has 1 heterocycles. The molecule has 3 rings (SSSR count). The molecule has 4 nitrogen and oxygen atoms in total. The Morgan fingerprint density at radius 2 is 2.00 bits per heavy atom. The summed E-state index contributed by atoms with van der Waals surface area (Å²) in [7, 11) is 0. The van der Waals surface area contributed by atoms with E-state index in [0.29, 0.717) is 18.0 Å². The summed E-state index contributed by atoms with van der Waals surface area (Å²) >= 11 is 0. The second-order valence-electron chi connectivity index (χ2n) is 6.42. The van der Waals surface area contributed by atoms with Crippen LogP contribution in [0.1, 0.15) is 13.3 Å². The molecule has 0 radical (unpaired) electrons. The Morgan fingerprint density at radius 3 is 2.75 bits per heavy atom. The van der Waals surface area contributed by atoms with Gasteiger partial charge in [-0.3, -0.25) is 4.90 Å². The summed E-state index contributed by atoms with van der Waals surface area (Å²) in [5.41, 5.74) is 5.85. The van der Waals surface area contributed by atoms with Gasteiger partial charge in [0, 0.05) is 32.1 Å². The molecule has 0 saturated carbocycles. The molecule has 1 saturated heterocycles. The van der Waals surface area contributed by atoms with Crippen molar-refractivity contribution in [2.24, 2.45) is 0 Å². The topological polar surface area (TPSA) is 47.7 Å². The first-order valence-electron chi connectivity index (χ1n) is 8.18. The summed E-state index contributed by atoms with van der Waals surface area (Å²) in [6.07, 6.45) is 0.898. The number of hydrogen-bond acceptors (Lipinski definition) is 4. The molecular formula is C19H23FN2O2. The van der Waals surface area contributed by atoms with Gasteiger partial charge in [0.25, 0.3) is 0 Å². The van der Waals surface area contributed by atoms with Crippen molar-refractivity contribution in [3.05, 3.63) is 54.3 Å². The highest BCUT2D eigenvalue weighted by molar-refractivity contribution is 5.52. The third-order valence-corrected chi connectivity index (χ3v) is 4.26. The molecule has 1 unspecified atom stereocenters. The first-order chi connectivity index (χ1) is 11.5. The Balaban J connectivity index is 1.50. The number of halogens is 1. The molecule has 5 heteroatoms. The fourth-order valence-corrected chi connectivity index (χ4v) is 2.99. The van der Waals surface area contributed by atoms with Crippen LogP contribution in [0.2, 0.25) is 0 Å². The van der Waals surface area contributed by atoms with Gasteiger partial charge in [0.2, 0.25) is 0 Å². The molecule has 0 bridgehead atoms. The average Bonchev–Trinajstić information content (AvgIpc) is 2.93. The lowest BCUT2D eigenvalue weighted by Gasteiger charge is -2.27. The maximum absolute atomic E-state index is 13.1. The van der Waals surface area contributed by atoms with Gasteiger partial charge in [-0.2, -0.15) is 0 Å². The van der Waals surface area contributed by atoms with E-state index in [4.69, 9.17) is 15.2 Å². The van der Waals surface area contributed by atoms with Gasteiger partial charge in [0.15, 0.2) is 0 Å². The van der Waals surface area contributed by atoms with Crippen LogP contribution in [0.25, 0.3) is 0 Å². The molecule has 1 fully saturated rings. The SMILES string of the molecule is CC1(Oc2ccc(F)cc2N)CCN(CCOc2ccccc2)C1. The number of likely N-dealkylation sites (tertiary alicyclic amines) is 1.